The summed E-state index contributed by atoms with van der Waals surface area (Å²) in [7, 11) is -3.96. The van der Waals surface area contributed by atoms with Gasteiger partial charge in [-0.25, -0.2) is 9.71 Å². The van der Waals surface area contributed by atoms with Crippen molar-refractivity contribution in [2.75, 3.05) is 0 Å². The molecule has 4 aliphatic carbocycles. The van der Waals surface area contributed by atoms with Crippen LogP contribution in [0.3, 0.4) is 0 Å². The number of rotatable bonds is 7. The number of aliphatic hydroxyl groups is 2. The van der Waals surface area contributed by atoms with Gasteiger partial charge in [0.25, 0.3) is 10.0 Å². The van der Waals surface area contributed by atoms with Gasteiger partial charge in [-0.05, 0) is 116 Å². The Morgan fingerprint density at radius 2 is 1.79 bits per heavy atom. The number of fused-ring (bicyclic) bond motifs is 5. The molecule has 1 heterocycles. The van der Waals surface area contributed by atoms with Crippen molar-refractivity contribution in [3.05, 3.63) is 24.4 Å². The number of aromatic nitrogens is 1. The van der Waals surface area contributed by atoms with Crippen molar-refractivity contribution >= 4 is 15.9 Å². The second kappa shape index (κ2) is 10.7. The highest BCUT2D eigenvalue weighted by Crippen LogP contribution is 2.69. The fourth-order valence-electron chi connectivity index (χ4n) is 10.3. The van der Waals surface area contributed by atoms with Crippen molar-refractivity contribution in [3.63, 3.8) is 0 Å². The number of pyridine rings is 1. The lowest BCUT2D eigenvalue weighted by Crippen LogP contribution is -2.62. The highest BCUT2D eigenvalue weighted by molar-refractivity contribution is 7.90. The third-order valence-corrected chi connectivity index (χ3v) is 13.4. The highest BCUT2D eigenvalue weighted by Gasteiger charge is 2.64. The van der Waals surface area contributed by atoms with Crippen LogP contribution >= 0.6 is 0 Å². The Labute approximate surface area is 234 Å². The van der Waals surface area contributed by atoms with Crippen LogP contribution in [0.15, 0.2) is 29.4 Å². The van der Waals surface area contributed by atoms with Crippen LogP contribution in [0.2, 0.25) is 0 Å². The molecule has 5 rings (SSSR count). The summed E-state index contributed by atoms with van der Waals surface area (Å²) in [6, 6.07) is 4.61. The van der Waals surface area contributed by atoms with E-state index >= 15 is 0 Å². The summed E-state index contributed by atoms with van der Waals surface area (Å²) >= 11 is 0. The first-order chi connectivity index (χ1) is 18.4. The monoisotopic (exact) mass is 560 g/mol. The first-order valence-corrected chi connectivity index (χ1v) is 16.7. The lowest BCUT2D eigenvalue weighted by Gasteiger charge is -2.64. The molecule has 11 atom stereocenters. The van der Waals surface area contributed by atoms with Crippen molar-refractivity contribution in [2.24, 2.45) is 52.3 Å². The fourth-order valence-corrected chi connectivity index (χ4v) is 11.2. The predicted octanol–water partition coefficient (Wildman–Crippen LogP) is 4.93. The lowest BCUT2D eigenvalue weighted by atomic mass is 9.41. The zero-order chi connectivity index (χ0) is 28.2. The largest absolute Gasteiger partial charge is 0.393 e. The average molecular weight is 561 g/mol. The molecule has 4 aliphatic rings. The Bertz CT molecular complexity index is 1140. The van der Waals surface area contributed by atoms with E-state index < -0.39 is 15.9 Å². The molecular weight excluding hydrogens is 512 g/mol. The number of sulfonamides is 1. The maximum atomic E-state index is 12.6. The fraction of sp³-hybridized carbons (Fsp3) is 0.806. The topological polar surface area (TPSA) is 117 Å². The molecule has 3 N–H and O–H groups in total. The number of hydrogen-bond donors (Lipinski definition) is 3. The van der Waals surface area contributed by atoms with Crippen molar-refractivity contribution in [2.45, 2.75) is 109 Å². The molecule has 1 aromatic rings. The number of carbonyl (C=O) groups is 1. The molecule has 0 bridgehead atoms. The van der Waals surface area contributed by atoms with Gasteiger partial charge in [0.05, 0.1) is 12.2 Å². The van der Waals surface area contributed by atoms with Crippen LogP contribution in [0.1, 0.15) is 91.9 Å². The number of nitrogens with one attached hydrogen (secondary N) is 1. The molecule has 0 aliphatic heterocycles. The van der Waals surface area contributed by atoms with Gasteiger partial charge in [-0.15, -0.1) is 0 Å². The van der Waals surface area contributed by atoms with Gasteiger partial charge in [0, 0.05) is 12.6 Å². The summed E-state index contributed by atoms with van der Waals surface area (Å²) < 4.78 is 27.2. The SMILES string of the molecule is CC[C@@H]1C2C[C@H](O)CCC2(C)[C@H]2CCC3(C)C([C@H](C)CCC(=O)NS(=O)(=O)c4ccccn4)CC[C@H]3[C@@H]2[C@@H]1O. The van der Waals surface area contributed by atoms with Crippen LogP contribution in [0, 0.1) is 52.3 Å². The van der Waals surface area contributed by atoms with E-state index in [0.717, 1.165) is 51.4 Å². The summed E-state index contributed by atoms with van der Waals surface area (Å²) in [4.78, 5) is 16.5. The van der Waals surface area contributed by atoms with Gasteiger partial charge in [-0.2, -0.15) is 8.42 Å². The van der Waals surface area contributed by atoms with E-state index in [-0.39, 0.29) is 46.3 Å². The molecule has 0 aromatic carbocycles. The highest BCUT2D eigenvalue weighted by atomic mass is 32.2. The van der Waals surface area contributed by atoms with Gasteiger partial charge in [-0.3, -0.25) is 4.79 Å². The van der Waals surface area contributed by atoms with Crippen LogP contribution in [-0.4, -0.2) is 41.7 Å². The molecule has 4 unspecified atom stereocenters. The normalized spacial score (nSPS) is 42.6. The van der Waals surface area contributed by atoms with Crippen LogP contribution in [0.25, 0.3) is 0 Å². The van der Waals surface area contributed by atoms with Crippen LogP contribution in [0.5, 0.6) is 0 Å². The first-order valence-electron chi connectivity index (χ1n) is 15.2. The van der Waals surface area contributed by atoms with Crippen LogP contribution < -0.4 is 4.72 Å². The Morgan fingerprint density at radius 1 is 1.08 bits per heavy atom. The third-order valence-electron chi connectivity index (χ3n) is 12.1. The average Bonchev–Trinajstić information content (AvgIpc) is 3.26. The van der Waals surface area contributed by atoms with E-state index in [9.17, 15) is 23.4 Å². The van der Waals surface area contributed by atoms with Crippen LogP contribution in [0.4, 0.5) is 0 Å². The molecule has 7 nitrogen and oxygen atoms in total. The molecular formula is C31H48N2O5S. The zero-order valence-electron chi connectivity index (χ0n) is 24.1. The molecule has 4 saturated carbocycles. The Kier molecular flexibility index (Phi) is 7.97. The number of carbonyl (C=O) groups excluding carboxylic acids is 1. The quantitative estimate of drug-likeness (QED) is 0.435. The lowest BCUT2D eigenvalue weighted by molar-refractivity contribution is -0.203. The summed E-state index contributed by atoms with van der Waals surface area (Å²) in [6.07, 6.45) is 9.86. The number of nitrogens with zero attached hydrogens (tertiary/aromatic N) is 1. The van der Waals surface area contributed by atoms with Crippen LogP contribution in [-0.2, 0) is 14.8 Å². The summed E-state index contributed by atoms with van der Waals surface area (Å²) in [6.45, 7) is 9.32. The molecule has 39 heavy (non-hydrogen) atoms. The maximum Gasteiger partial charge on any atom is 0.281 e. The van der Waals surface area contributed by atoms with Crippen molar-refractivity contribution in [1.82, 2.24) is 9.71 Å². The summed E-state index contributed by atoms with van der Waals surface area (Å²) in [5, 5.41) is 22.2. The molecule has 0 radical (unpaired) electrons. The molecule has 0 saturated heterocycles. The van der Waals surface area contributed by atoms with E-state index in [1.807, 2.05) is 0 Å². The Hall–Kier alpha value is -1.51. The van der Waals surface area contributed by atoms with Gasteiger partial charge >= 0.3 is 0 Å². The molecule has 0 spiro atoms. The van der Waals surface area contributed by atoms with Gasteiger partial charge in [0.2, 0.25) is 5.91 Å². The van der Waals surface area contributed by atoms with Crippen molar-refractivity contribution < 1.29 is 23.4 Å². The van der Waals surface area contributed by atoms with Gasteiger partial charge in [0.15, 0.2) is 5.03 Å². The number of hydrogen-bond acceptors (Lipinski definition) is 6. The van der Waals surface area contributed by atoms with Crippen molar-refractivity contribution in [1.29, 1.82) is 0 Å². The van der Waals surface area contributed by atoms with E-state index in [0.29, 0.717) is 36.0 Å². The van der Waals surface area contributed by atoms with Gasteiger partial charge in [-0.1, -0.05) is 40.2 Å². The maximum absolute atomic E-state index is 12.6. The molecule has 8 heteroatoms. The Morgan fingerprint density at radius 3 is 2.49 bits per heavy atom. The predicted molar refractivity (Wildman–Crippen MR) is 150 cm³/mol. The smallest absolute Gasteiger partial charge is 0.281 e. The minimum Gasteiger partial charge on any atom is -0.393 e. The zero-order valence-corrected chi connectivity index (χ0v) is 24.9. The van der Waals surface area contributed by atoms with E-state index in [1.54, 1.807) is 12.1 Å². The number of amides is 1. The standard InChI is InChI=1S/C31H48N2O5S/c1-5-21-25-18-20(34)13-15-31(25,4)24-14-16-30(3)22(10-11-23(30)28(24)29(21)36)19(2)9-12-26(35)33-39(37,38)27-8-6-7-17-32-27/h6-8,17,19-25,28-29,34,36H,5,9-16,18H2,1-4H3,(H,33,35)/t19-,20-,21-,22?,23+,24+,25?,28+,29-,30?,31?/m1/s1. The third kappa shape index (κ3) is 4.97. The first kappa shape index (κ1) is 29.0. The second-order valence-corrected chi connectivity index (χ2v) is 15.5. The van der Waals surface area contributed by atoms with Crippen molar-refractivity contribution in [3.8, 4) is 0 Å². The van der Waals surface area contributed by atoms with Gasteiger partial charge in [0.1, 0.15) is 0 Å². The van der Waals surface area contributed by atoms with E-state index in [2.05, 4.69) is 37.4 Å². The summed E-state index contributed by atoms with van der Waals surface area (Å²) in [5.74, 6) is 2.17. The van der Waals surface area contributed by atoms with Gasteiger partial charge < -0.3 is 10.2 Å². The molecule has 218 valence electrons. The van der Waals surface area contributed by atoms with E-state index in [1.165, 1.54) is 12.3 Å². The molecule has 1 aromatic heterocycles. The second-order valence-electron chi connectivity index (χ2n) is 13.8. The Balaban J connectivity index is 1.27. The van der Waals surface area contributed by atoms with E-state index in [4.69, 9.17) is 0 Å². The summed E-state index contributed by atoms with van der Waals surface area (Å²) in [5.41, 5.74) is 0.305. The number of aliphatic hydroxyl groups excluding tert-OH is 2. The minimum atomic E-state index is -3.96. The molecule has 1 amide bonds. The molecule has 4 fully saturated rings. The minimum absolute atomic E-state index is 0.119.